The molecule has 0 radical (unpaired) electrons. The van der Waals surface area contributed by atoms with Crippen molar-refractivity contribution in [2.45, 2.75) is 31.6 Å². The lowest BCUT2D eigenvalue weighted by Crippen LogP contribution is -2.45. The zero-order valence-corrected chi connectivity index (χ0v) is 15.6. The van der Waals surface area contributed by atoms with Gasteiger partial charge in [0.15, 0.2) is 14.6 Å². The minimum atomic E-state index is -3.62. The van der Waals surface area contributed by atoms with Gasteiger partial charge >= 0.3 is 5.97 Å². The Hall–Kier alpha value is -1.41. The third-order valence-electron chi connectivity index (χ3n) is 3.93. The van der Waals surface area contributed by atoms with Gasteiger partial charge in [0, 0.05) is 22.7 Å². The summed E-state index contributed by atoms with van der Waals surface area (Å²) < 4.78 is 30.2. The van der Waals surface area contributed by atoms with Crippen LogP contribution in [0.25, 0.3) is 10.9 Å². The van der Waals surface area contributed by atoms with E-state index < -0.39 is 20.6 Å². The third-order valence-corrected chi connectivity index (χ3v) is 6.43. The average Bonchev–Trinajstić information content (AvgIpc) is 2.85. The molecule has 2 rings (SSSR count). The number of ether oxygens (including phenoxy) is 1. The number of halogens is 1. The highest BCUT2D eigenvalue weighted by Crippen LogP contribution is 2.25. The van der Waals surface area contributed by atoms with Crippen molar-refractivity contribution >= 4 is 42.6 Å². The van der Waals surface area contributed by atoms with Crippen molar-refractivity contribution < 1.29 is 17.9 Å². The van der Waals surface area contributed by atoms with E-state index in [1.807, 2.05) is 18.2 Å². The molecule has 2 aromatic rings. The summed E-state index contributed by atoms with van der Waals surface area (Å²) in [6.07, 6.45) is 2.86. The summed E-state index contributed by atoms with van der Waals surface area (Å²) in [6.45, 7) is 3.50. The number of carbonyl (C=O) groups is 1. The number of benzene rings is 1. The van der Waals surface area contributed by atoms with Gasteiger partial charge < -0.3 is 4.74 Å². The molecule has 1 aromatic carbocycles. The first kappa shape index (κ1) is 17.9. The smallest absolute Gasteiger partial charge is 0.327 e. The van der Waals surface area contributed by atoms with Gasteiger partial charge in [0.1, 0.15) is 0 Å². The van der Waals surface area contributed by atoms with Crippen LogP contribution in [0.3, 0.4) is 0 Å². The Kier molecular flexibility index (Phi) is 5.15. The number of aromatic nitrogens is 2. The van der Waals surface area contributed by atoms with Crippen molar-refractivity contribution in [3.05, 3.63) is 28.9 Å². The fourth-order valence-electron chi connectivity index (χ4n) is 2.28. The second kappa shape index (κ2) is 6.60. The van der Waals surface area contributed by atoms with Crippen LogP contribution in [0.4, 0.5) is 0 Å². The summed E-state index contributed by atoms with van der Waals surface area (Å²) in [5.74, 6) is -0.721. The van der Waals surface area contributed by atoms with Gasteiger partial charge in [-0.1, -0.05) is 15.9 Å². The van der Waals surface area contributed by atoms with Crippen molar-refractivity contribution in [3.8, 4) is 0 Å². The highest BCUT2D eigenvalue weighted by Gasteiger charge is 2.44. The molecule has 0 N–H and O–H groups in total. The van der Waals surface area contributed by atoms with Crippen molar-refractivity contribution in [3.63, 3.8) is 0 Å². The first-order valence-corrected chi connectivity index (χ1v) is 9.85. The van der Waals surface area contributed by atoms with E-state index >= 15 is 0 Å². The number of sulfone groups is 1. The van der Waals surface area contributed by atoms with E-state index in [9.17, 15) is 13.2 Å². The third kappa shape index (κ3) is 3.58. The number of fused-ring (bicyclic) bond motifs is 1. The Morgan fingerprint density at radius 2 is 2.13 bits per heavy atom. The maximum Gasteiger partial charge on any atom is 0.327 e. The molecule has 0 aliphatic carbocycles. The summed E-state index contributed by atoms with van der Waals surface area (Å²) in [5, 5.41) is 5.22. The summed E-state index contributed by atoms with van der Waals surface area (Å²) in [7, 11) is -3.62. The van der Waals surface area contributed by atoms with Crippen molar-refractivity contribution in [2.24, 2.45) is 0 Å². The molecule has 0 unspecified atom stereocenters. The van der Waals surface area contributed by atoms with Crippen LogP contribution in [-0.2, 0) is 25.9 Å². The second-order valence-corrected chi connectivity index (χ2v) is 8.91. The molecule has 0 aliphatic rings. The van der Waals surface area contributed by atoms with Crippen LogP contribution >= 0.6 is 15.9 Å². The molecule has 0 fully saturated rings. The first-order valence-electron chi connectivity index (χ1n) is 7.17. The van der Waals surface area contributed by atoms with Crippen LogP contribution in [0, 0.1) is 0 Å². The Morgan fingerprint density at radius 1 is 1.43 bits per heavy atom. The van der Waals surface area contributed by atoms with Crippen LogP contribution in [0.5, 0.6) is 0 Å². The second-order valence-electron chi connectivity index (χ2n) is 5.54. The van der Waals surface area contributed by atoms with E-state index in [2.05, 4.69) is 21.0 Å². The molecular weight excluding hydrogens is 384 g/mol. The van der Waals surface area contributed by atoms with Crippen LogP contribution in [0.2, 0.25) is 0 Å². The Bertz CT molecular complexity index is 831. The molecule has 0 aliphatic heterocycles. The van der Waals surface area contributed by atoms with Crippen LogP contribution < -0.4 is 0 Å². The van der Waals surface area contributed by atoms with E-state index in [0.29, 0.717) is 6.54 Å². The predicted molar refractivity (Wildman–Crippen MR) is 91.9 cm³/mol. The molecule has 6 nitrogen and oxygen atoms in total. The zero-order chi connectivity index (χ0) is 17.3. The highest BCUT2D eigenvalue weighted by molar-refractivity contribution is 9.10. The zero-order valence-electron chi connectivity index (χ0n) is 13.2. The highest BCUT2D eigenvalue weighted by atomic mass is 79.9. The summed E-state index contributed by atoms with van der Waals surface area (Å²) >= 11 is 3.40. The first-order chi connectivity index (χ1) is 10.7. The average molecular weight is 403 g/mol. The lowest BCUT2D eigenvalue weighted by molar-refractivity contribution is -0.146. The number of carbonyl (C=O) groups excluding carboxylic acids is 1. The number of esters is 1. The standard InChI is InChI=1S/C15H19BrN2O4S/c1-4-22-14(19)15(2,23(3,20)21)7-8-18-13-6-5-12(16)9-11(13)10-17-18/h5-6,9-10H,4,7-8H2,1-3H3/t15-/m1/s1. The summed E-state index contributed by atoms with van der Waals surface area (Å²) in [4.78, 5) is 12.1. The molecule has 0 bridgehead atoms. The van der Waals surface area contributed by atoms with Gasteiger partial charge in [0.2, 0.25) is 0 Å². The van der Waals surface area contributed by atoms with E-state index in [4.69, 9.17) is 4.74 Å². The molecule has 8 heteroatoms. The van der Waals surface area contributed by atoms with Gasteiger partial charge in [-0.3, -0.25) is 9.48 Å². The molecule has 0 spiro atoms. The molecule has 0 saturated carbocycles. The minimum absolute atomic E-state index is 0.0948. The van der Waals surface area contributed by atoms with Gasteiger partial charge in [-0.25, -0.2) is 8.42 Å². The molecule has 126 valence electrons. The fourth-order valence-corrected chi connectivity index (χ4v) is 3.48. The van der Waals surface area contributed by atoms with Crippen LogP contribution in [0.15, 0.2) is 28.9 Å². The van der Waals surface area contributed by atoms with Gasteiger partial charge in [0.05, 0.1) is 18.3 Å². The predicted octanol–water partition coefficient (Wildman–Crippen LogP) is 2.56. The van der Waals surface area contributed by atoms with Crippen LogP contribution in [0.1, 0.15) is 20.3 Å². The lowest BCUT2D eigenvalue weighted by Gasteiger charge is -2.25. The SMILES string of the molecule is CCOC(=O)[C@@](C)(CCn1ncc2cc(Br)ccc21)S(C)(=O)=O. The Morgan fingerprint density at radius 3 is 2.74 bits per heavy atom. The minimum Gasteiger partial charge on any atom is -0.465 e. The van der Waals surface area contributed by atoms with E-state index in [1.54, 1.807) is 17.8 Å². The largest absolute Gasteiger partial charge is 0.465 e. The molecular formula is C15H19BrN2O4S. The maximum absolute atomic E-state index is 12.1. The molecule has 0 saturated heterocycles. The molecule has 0 amide bonds. The van der Waals surface area contributed by atoms with Gasteiger partial charge in [0.25, 0.3) is 0 Å². The Labute approximate surface area is 143 Å². The van der Waals surface area contributed by atoms with Crippen molar-refractivity contribution in [2.75, 3.05) is 12.9 Å². The Balaban J connectivity index is 2.29. The maximum atomic E-state index is 12.1. The van der Waals surface area contributed by atoms with E-state index in [0.717, 1.165) is 21.6 Å². The van der Waals surface area contributed by atoms with Gasteiger partial charge in [-0.15, -0.1) is 0 Å². The number of rotatable bonds is 6. The quantitative estimate of drug-likeness (QED) is 0.693. The molecule has 1 heterocycles. The molecule has 1 atom stereocenters. The monoisotopic (exact) mass is 402 g/mol. The van der Waals surface area contributed by atoms with Crippen LogP contribution in [-0.4, -0.2) is 41.8 Å². The van der Waals surface area contributed by atoms with Crippen molar-refractivity contribution in [1.29, 1.82) is 0 Å². The van der Waals surface area contributed by atoms with E-state index in [-0.39, 0.29) is 13.0 Å². The van der Waals surface area contributed by atoms with Crippen molar-refractivity contribution in [1.82, 2.24) is 9.78 Å². The summed E-state index contributed by atoms with van der Waals surface area (Å²) in [5.41, 5.74) is 0.882. The lowest BCUT2D eigenvalue weighted by atomic mass is 10.1. The fraction of sp³-hybridized carbons (Fsp3) is 0.467. The summed E-state index contributed by atoms with van der Waals surface area (Å²) in [6, 6.07) is 5.72. The van der Waals surface area contributed by atoms with Gasteiger partial charge in [-0.05, 0) is 38.5 Å². The molecule has 23 heavy (non-hydrogen) atoms. The molecule has 1 aromatic heterocycles. The number of hydrogen-bond donors (Lipinski definition) is 0. The topological polar surface area (TPSA) is 78.3 Å². The normalized spacial score (nSPS) is 14.6. The van der Waals surface area contributed by atoms with E-state index in [1.165, 1.54) is 6.92 Å². The number of hydrogen-bond acceptors (Lipinski definition) is 5. The van der Waals surface area contributed by atoms with Gasteiger partial charge in [-0.2, -0.15) is 5.10 Å². The number of aryl methyl sites for hydroxylation is 1. The number of nitrogens with zero attached hydrogens (tertiary/aromatic N) is 2.